The summed E-state index contributed by atoms with van der Waals surface area (Å²) >= 11 is 0. The van der Waals surface area contributed by atoms with Crippen LogP contribution in [-0.2, 0) is 9.59 Å². The zero-order chi connectivity index (χ0) is 26.3. The van der Waals surface area contributed by atoms with Crippen LogP contribution >= 0.6 is 0 Å². The second kappa shape index (κ2) is 9.36. The minimum atomic E-state index is -0.620. The van der Waals surface area contributed by atoms with Gasteiger partial charge in [0, 0.05) is 51.1 Å². The van der Waals surface area contributed by atoms with Crippen LogP contribution in [0, 0.1) is 13.8 Å². The fourth-order valence-electron chi connectivity index (χ4n) is 5.09. The van der Waals surface area contributed by atoms with Gasteiger partial charge in [-0.05, 0) is 31.0 Å². The predicted octanol–water partition coefficient (Wildman–Crippen LogP) is 6.36. The van der Waals surface area contributed by atoms with Gasteiger partial charge in [0.1, 0.15) is 11.5 Å². The third kappa shape index (κ3) is 3.95. The lowest BCUT2D eigenvalue weighted by Gasteiger charge is -2.31. The van der Waals surface area contributed by atoms with E-state index in [9.17, 15) is 14.4 Å². The van der Waals surface area contributed by atoms with E-state index in [0.717, 1.165) is 28.8 Å². The van der Waals surface area contributed by atoms with Crippen molar-refractivity contribution >= 4 is 28.5 Å². The smallest absolute Gasteiger partial charge is 0.335 e. The van der Waals surface area contributed by atoms with Gasteiger partial charge in [0.15, 0.2) is 5.78 Å². The van der Waals surface area contributed by atoms with Crippen LogP contribution in [0.4, 0.5) is 0 Å². The fraction of sp³-hybridized carbons (Fsp3) is 0.0938. The molecule has 0 fully saturated rings. The summed E-state index contributed by atoms with van der Waals surface area (Å²) in [6, 6.07) is 20.4. The van der Waals surface area contributed by atoms with Crippen molar-refractivity contribution in [2.24, 2.45) is 0 Å². The van der Waals surface area contributed by atoms with E-state index < -0.39 is 17.9 Å². The Morgan fingerprint density at radius 2 is 1.32 bits per heavy atom. The summed E-state index contributed by atoms with van der Waals surface area (Å²) in [5, 5.41) is 1.20. The van der Waals surface area contributed by atoms with Crippen LogP contribution in [0.2, 0.25) is 0 Å². The molecule has 0 aliphatic heterocycles. The molecule has 4 aromatic rings. The Bertz CT molecular complexity index is 1640. The molecular weight excluding hydrogens is 464 g/mol. The highest BCUT2D eigenvalue weighted by Crippen LogP contribution is 2.50. The third-order valence-electron chi connectivity index (χ3n) is 6.71. The van der Waals surface area contributed by atoms with Crippen molar-refractivity contribution in [3.8, 4) is 11.5 Å². The first-order valence-corrected chi connectivity index (χ1v) is 11.8. The number of esters is 2. The fourth-order valence-corrected chi connectivity index (χ4v) is 5.09. The molecule has 0 aromatic heterocycles. The average Bonchev–Trinajstić information content (AvgIpc) is 2.92. The van der Waals surface area contributed by atoms with E-state index in [-0.39, 0.29) is 5.78 Å². The zero-order valence-corrected chi connectivity index (χ0v) is 20.5. The molecule has 182 valence electrons. The number of hydrogen-bond donors (Lipinski definition) is 0. The third-order valence-corrected chi connectivity index (χ3v) is 6.71. The summed E-state index contributed by atoms with van der Waals surface area (Å²) < 4.78 is 11.7. The molecule has 0 N–H and O–H groups in total. The number of carbonyl (C=O) groups excluding carboxylic acids is 3. The Morgan fingerprint density at radius 1 is 0.757 bits per heavy atom. The van der Waals surface area contributed by atoms with Crippen molar-refractivity contribution in [1.82, 2.24) is 0 Å². The van der Waals surface area contributed by atoms with Gasteiger partial charge >= 0.3 is 11.9 Å². The lowest BCUT2D eigenvalue weighted by atomic mass is 9.72. The zero-order valence-electron chi connectivity index (χ0n) is 20.5. The molecule has 0 saturated carbocycles. The monoisotopic (exact) mass is 488 g/mol. The average molecular weight is 489 g/mol. The van der Waals surface area contributed by atoms with Gasteiger partial charge in [-0.1, -0.05) is 79.4 Å². The largest absolute Gasteiger partial charge is 0.422 e. The summed E-state index contributed by atoms with van der Waals surface area (Å²) in [4.78, 5) is 38.5. The lowest BCUT2D eigenvalue weighted by Crippen LogP contribution is -2.22. The summed E-state index contributed by atoms with van der Waals surface area (Å²) in [6.45, 7) is 10.9. The number of ketones is 1. The Kier molecular flexibility index (Phi) is 6.06. The van der Waals surface area contributed by atoms with Crippen LogP contribution in [0.25, 0.3) is 10.8 Å². The normalized spacial score (nSPS) is 13.9. The van der Waals surface area contributed by atoms with Crippen LogP contribution in [0.3, 0.4) is 0 Å². The maximum atomic E-state index is 13.5. The summed E-state index contributed by atoms with van der Waals surface area (Å²) in [6.07, 6.45) is 2.21. The van der Waals surface area contributed by atoms with Gasteiger partial charge in [-0.3, -0.25) is 4.79 Å². The minimum absolute atomic E-state index is 0.0630. The molecule has 0 heterocycles. The molecule has 37 heavy (non-hydrogen) atoms. The predicted molar refractivity (Wildman–Crippen MR) is 142 cm³/mol. The number of ether oxygens (including phenoxy) is 2. The van der Waals surface area contributed by atoms with Crippen molar-refractivity contribution in [1.29, 1.82) is 0 Å². The Hall–Kier alpha value is -4.77. The molecule has 1 unspecified atom stereocenters. The highest BCUT2D eigenvalue weighted by molar-refractivity contribution is 6.13. The van der Waals surface area contributed by atoms with Crippen LogP contribution < -0.4 is 9.47 Å². The van der Waals surface area contributed by atoms with Gasteiger partial charge in [-0.2, -0.15) is 0 Å². The molecule has 1 atom stereocenters. The number of hydrogen-bond acceptors (Lipinski definition) is 5. The van der Waals surface area contributed by atoms with Gasteiger partial charge in [-0.25, -0.2) is 9.59 Å². The summed E-state index contributed by atoms with van der Waals surface area (Å²) in [5.74, 6) is -1.08. The van der Waals surface area contributed by atoms with Crippen molar-refractivity contribution in [2.45, 2.75) is 19.8 Å². The molecule has 5 rings (SSSR count). The van der Waals surface area contributed by atoms with Crippen molar-refractivity contribution in [3.05, 3.63) is 131 Å². The number of carbonyl (C=O) groups is 3. The lowest BCUT2D eigenvalue weighted by molar-refractivity contribution is -0.130. The van der Waals surface area contributed by atoms with E-state index in [4.69, 9.17) is 9.47 Å². The van der Waals surface area contributed by atoms with Crippen molar-refractivity contribution in [2.75, 3.05) is 0 Å². The van der Waals surface area contributed by atoms with Gasteiger partial charge in [0.2, 0.25) is 0 Å². The van der Waals surface area contributed by atoms with E-state index in [1.54, 1.807) is 12.1 Å². The van der Waals surface area contributed by atoms with E-state index in [2.05, 4.69) is 13.2 Å². The highest BCUT2D eigenvalue weighted by atomic mass is 16.5. The number of fused-ring (bicyclic) bond motifs is 3. The van der Waals surface area contributed by atoms with Crippen LogP contribution in [0.15, 0.2) is 92.0 Å². The molecule has 0 bridgehead atoms. The van der Waals surface area contributed by atoms with E-state index in [1.807, 2.05) is 68.4 Å². The first-order valence-electron chi connectivity index (χ1n) is 11.8. The van der Waals surface area contributed by atoms with Crippen molar-refractivity contribution in [3.63, 3.8) is 0 Å². The molecule has 5 nitrogen and oxygen atoms in total. The molecule has 1 aliphatic rings. The second-order valence-corrected chi connectivity index (χ2v) is 8.93. The Labute approximate surface area is 214 Å². The van der Waals surface area contributed by atoms with Gasteiger partial charge < -0.3 is 9.47 Å². The van der Waals surface area contributed by atoms with E-state index in [1.165, 1.54) is 0 Å². The molecule has 0 radical (unpaired) electrons. The molecule has 0 spiro atoms. The van der Waals surface area contributed by atoms with E-state index >= 15 is 0 Å². The Morgan fingerprint density at radius 3 is 2.00 bits per heavy atom. The quantitative estimate of drug-likeness (QED) is 0.163. The minimum Gasteiger partial charge on any atom is -0.422 e. The van der Waals surface area contributed by atoms with Crippen LogP contribution in [0.5, 0.6) is 11.5 Å². The van der Waals surface area contributed by atoms with E-state index in [0.29, 0.717) is 44.5 Å². The van der Waals surface area contributed by atoms with Crippen molar-refractivity contribution < 1.29 is 23.9 Å². The highest BCUT2D eigenvalue weighted by Gasteiger charge is 2.36. The molecule has 4 aromatic carbocycles. The van der Waals surface area contributed by atoms with Gasteiger partial charge in [0.05, 0.1) is 0 Å². The standard InChI is InChI=1S/C32H24O5/c1-5-26(33)36-31-19(4)28(32(37-27(34)6-2)24-14-10-9-13-23(24)31)29-20-11-7-8-12-22(20)30(35)25-17-18(3)15-16-21(25)29/h5-17,29H,1-2H2,3-4H3. The molecular formula is C32H24O5. The van der Waals surface area contributed by atoms with Crippen LogP contribution in [0.1, 0.15) is 49.7 Å². The van der Waals surface area contributed by atoms with Crippen LogP contribution in [-0.4, -0.2) is 17.7 Å². The topological polar surface area (TPSA) is 69.7 Å². The maximum absolute atomic E-state index is 13.5. The molecule has 0 saturated heterocycles. The number of benzene rings is 4. The Balaban J connectivity index is 1.94. The molecule has 1 aliphatic carbocycles. The first-order chi connectivity index (χ1) is 17.8. The maximum Gasteiger partial charge on any atom is 0.335 e. The summed E-state index contributed by atoms with van der Waals surface area (Å²) in [7, 11) is 0. The van der Waals surface area contributed by atoms with Gasteiger partial charge in [-0.15, -0.1) is 0 Å². The molecule has 0 amide bonds. The van der Waals surface area contributed by atoms with Gasteiger partial charge in [0.25, 0.3) is 0 Å². The summed E-state index contributed by atoms with van der Waals surface area (Å²) in [5.41, 5.74) is 4.92. The SMILES string of the molecule is C=CC(=O)Oc1c(C)c(C2c3ccccc3C(=O)c3cc(C)ccc32)c(OC(=O)C=C)c2ccccc12. The first kappa shape index (κ1) is 23.9. The number of aryl methyl sites for hydroxylation is 1. The number of rotatable bonds is 5. The second-order valence-electron chi connectivity index (χ2n) is 8.93. The molecule has 5 heteroatoms.